The Balaban J connectivity index is 1.73. The Morgan fingerprint density at radius 2 is 1.85 bits per heavy atom. The first-order valence-corrected chi connectivity index (χ1v) is 7.08. The molecule has 2 saturated carbocycles. The first kappa shape index (κ1) is 13.1. The number of rotatable bonds is 5. The Bertz CT molecular complexity index is 550. The first-order valence-electron chi connectivity index (χ1n) is 7.08. The normalized spacial score (nSPS) is 18.1. The smallest absolute Gasteiger partial charge is 0.337 e. The lowest BCUT2D eigenvalue weighted by Gasteiger charge is -2.17. The zero-order valence-corrected chi connectivity index (χ0v) is 11.4. The number of carbonyl (C=O) groups is 2. The van der Waals surface area contributed by atoms with Crippen LogP contribution in [0.1, 0.15) is 52.2 Å². The van der Waals surface area contributed by atoms with Gasteiger partial charge in [-0.15, -0.1) is 0 Å². The Morgan fingerprint density at radius 1 is 1.25 bits per heavy atom. The zero-order valence-electron chi connectivity index (χ0n) is 11.4. The summed E-state index contributed by atoms with van der Waals surface area (Å²) in [4.78, 5) is 27.3. The van der Waals surface area contributed by atoms with E-state index in [1.165, 1.54) is 37.8 Å². The van der Waals surface area contributed by atoms with E-state index in [0.717, 1.165) is 0 Å². The van der Waals surface area contributed by atoms with E-state index in [2.05, 4.69) is 10.3 Å². The highest BCUT2D eigenvalue weighted by molar-refractivity contribution is 5.94. The predicted octanol–water partition coefficient (Wildman–Crippen LogP) is 2.01. The van der Waals surface area contributed by atoms with Gasteiger partial charge < -0.3 is 10.4 Å². The van der Waals surface area contributed by atoms with Gasteiger partial charge in [-0.05, 0) is 56.6 Å². The van der Waals surface area contributed by atoms with Crippen LogP contribution in [0, 0.1) is 18.8 Å². The molecule has 0 unspecified atom stereocenters. The molecule has 3 rings (SSSR count). The van der Waals surface area contributed by atoms with Crippen molar-refractivity contribution in [3.05, 3.63) is 29.1 Å². The fraction of sp³-hybridized carbons (Fsp3) is 0.533. The van der Waals surface area contributed by atoms with Crippen LogP contribution in [0.4, 0.5) is 0 Å². The topological polar surface area (TPSA) is 79.3 Å². The number of aromatic nitrogens is 1. The molecule has 5 nitrogen and oxygen atoms in total. The van der Waals surface area contributed by atoms with Gasteiger partial charge in [-0.1, -0.05) is 0 Å². The third kappa shape index (κ3) is 2.66. The van der Waals surface area contributed by atoms with Crippen molar-refractivity contribution in [2.24, 2.45) is 11.8 Å². The molecule has 2 N–H and O–H groups in total. The van der Waals surface area contributed by atoms with E-state index >= 15 is 0 Å². The van der Waals surface area contributed by atoms with Crippen LogP contribution >= 0.6 is 0 Å². The fourth-order valence-corrected chi connectivity index (χ4v) is 2.67. The van der Waals surface area contributed by atoms with Gasteiger partial charge in [0.2, 0.25) is 0 Å². The second kappa shape index (κ2) is 4.89. The summed E-state index contributed by atoms with van der Waals surface area (Å²) in [6.45, 7) is 1.61. The number of hydrogen-bond acceptors (Lipinski definition) is 3. The van der Waals surface area contributed by atoms with Crippen LogP contribution in [0.15, 0.2) is 12.1 Å². The summed E-state index contributed by atoms with van der Waals surface area (Å²) in [6.07, 6.45) is 4.80. The molecule has 1 aromatic heterocycles. The van der Waals surface area contributed by atoms with E-state index < -0.39 is 5.97 Å². The van der Waals surface area contributed by atoms with E-state index in [0.29, 0.717) is 23.2 Å². The quantitative estimate of drug-likeness (QED) is 0.860. The van der Waals surface area contributed by atoms with Crippen LogP contribution in [0.25, 0.3) is 0 Å². The van der Waals surface area contributed by atoms with Crippen molar-refractivity contribution in [2.45, 2.75) is 38.6 Å². The first-order chi connectivity index (χ1) is 9.56. The summed E-state index contributed by atoms with van der Waals surface area (Å²) >= 11 is 0. The molecule has 0 saturated heterocycles. The number of amides is 1. The lowest BCUT2D eigenvalue weighted by atomic mass is 10.1. The van der Waals surface area contributed by atoms with Gasteiger partial charge in [0.05, 0.1) is 11.3 Å². The van der Waals surface area contributed by atoms with Crippen LogP contribution in [-0.2, 0) is 0 Å². The van der Waals surface area contributed by atoms with Crippen LogP contribution < -0.4 is 5.32 Å². The maximum absolute atomic E-state index is 12.2. The molecule has 1 heterocycles. The SMILES string of the molecule is Cc1nc(C(=O)NC(C2CC2)C2CC2)ccc1C(=O)O. The average molecular weight is 274 g/mol. The highest BCUT2D eigenvalue weighted by Crippen LogP contribution is 2.44. The number of pyridine rings is 1. The number of aromatic carboxylic acids is 1. The summed E-state index contributed by atoms with van der Waals surface area (Å²) in [6, 6.07) is 3.22. The van der Waals surface area contributed by atoms with Gasteiger partial charge in [-0.2, -0.15) is 0 Å². The summed E-state index contributed by atoms with van der Waals surface area (Å²) in [5.41, 5.74) is 0.820. The van der Waals surface area contributed by atoms with Gasteiger partial charge in [0.25, 0.3) is 5.91 Å². The number of aryl methyl sites for hydroxylation is 1. The number of carbonyl (C=O) groups excluding carboxylic acids is 1. The van der Waals surface area contributed by atoms with Crippen molar-refractivity contribution >= 4 is 11.9 Å². The van der Waals surface area contributed by atoms with Crippen LogP contribution in [0.5, 0.6) is 0 Å². The summed E-state index contributed by atoms with van der Waals surface area (Å²) in [5.74, 6) is 0.0568. The van der Waals surface area contributed by atoms with Gasteiger partial charge in [0.15, 0.2) is 0 Å². The van der Waals surface area contributed by atoms with Crippen molar-refractivity contribution < 1.29 is 14.7 Å². The van der Waals surface area contributed by atoms with Gasteiger partial charge in [-0.3, -0.25) is 4.79 Å². The fourth-order valence-electron chi connectivity index (χ4n) is 2.67. The second-order valence-electron chi connectivity index (χ2n) is 5.81. The molecule has 0 aromatic carbocycles. The third-order valence-corrected chi connectivity index (χ3v) is 4.11. The van der Waals surface area contributed by atoms with Crippen molar-refractivity contribution in [2.75, 3.05) is 0 Å². The third-order valence-electron chi connectivity index (χ3n) is 4.11. The molecule has 106 valence electrons. The molecule has 0 atom stereocenters. The van der Waals surface area contributed by atoms with E-state index in [9.17, 15) is 9.59 Å². The number of carboxylic acid groups (broad SMARTS) is 1. The summed E-state index contributed by atoms with van der Waals surface area (Å²) in [5, 5.41) is 12.0. The van der Waals surface area contributed by atoms with Crippen molar-refractivity contribution in [1.29, 1.82) is 0 Å². The minimum atomic E-state index is -1.02. The van der Waals surface area contributed by atoms with Gasteiger partial charge in [-0.25, -0.2) is 9.78 Å². The average Bonchev–Trinajstić information content (AvgIpc) is 3.28. The Kier molecular flexibility index (Phi) is 3.20. The number of nitrogens with one attached hydrogen (secondary N) is 1. The molecule has 0 aliphatic heterocycles. The minimum absolute atomic E-state index is 0.141. The lowest BCUT2D eigenvalue weighted by molar-refractivity contribution is 0.0694. The molecule has 1 amide bonds. The van der Waals surface area contributed by atoms with Gasteiger partial charge in [0.1, 0.15) is 5.69 Å². The van der Waals surface area contributed by atoms with E-state index in [4.69, 9.17) is 5.11 Å². The number of nitrogens with zero attached hydrogens (tertiary/aromatic N) is 1. The van der Waals surface area contributed by atoms with Crippen LogP contribution in [0.2, 0.25) is 0 Å². The molecule has 0 bridgehead atoms. The lowest BCUT2D eigenvalue weighted by Crippen LogP contribution is -2.38. The molecule has 0 spiro atoms. The number of hydrogen-bond donors (Lipinski definition) is 2. The van der Waals surface area contributed by atoms with E-state index in [1.54, 1.807) is 6.92 Å². The van der Waals surface area contributed by atoms with Gasteiger partial charge in [0, 0.05) is 6.04 Å². The molecule has 20 heavy (non-hydrogen) atoms. The molecule has 0 radical (unpaired) electrons. The van der Waals surface area contributed by atoms with Crippen molar-refractivity contribution in [3.63, 3.8) is 0 Å². The van der Waals surface area contributed by atoms with E-state index in [1.807, 2.05) is 0 Å². The van der Waals surface area contributed by atoms with Crippen LogP contribution in [0.3, 0.4) is 0 Å². The van der Waals surface area contributed by atoms with Crippen molar-refractivity contribution in [3.8, 4) is 0 Å². The molecular weight excluding hydrogens is 256 g/mol. The highest BCUT2D eigenvalue weighted by atomic mass is 16.4. The maximum Gasteiger partial charge on any atom is 0.337 e. The molecule has 2 aliphatic carbocycles. The summed E-state index contributed by atoms with van der Waals surface area (Å²) in [7, 11) is 0. The highest BCUT2D eigenvalue weighted by Gasteiger charge is 2.42. The van der Waals surface area contributed by atoms with E-state index in [-0.39, 0.29) is 17.5 Å². The minimum Gasteiger partial charge on any atom is -0.478 e. The largest absolute Gasteiger partial charge is 0.478 e. The predicted molar refractivity (Wildman–Crippen MR) is 72.6 cm³/mol. The molecular formula is C15H18N2O3. The Morgan fingerprint density at radius 3 is 2.30 bits per heavy atom. The second-order valence-corrected chi connectivity index (χ2v) is 5.81. The standard InChI is InChI=1S/C15H18N2O3/c1-8-11(15(19)20)6-7-12(16-8)14(18)17-13(9-2-3-9)10-4-5-10/h6-7,9-10,13H,2-5H2,1H3,(H,17,18)(H,19,20). The van der Waals surface area contributed by atoms with Crippen LogP contribution in [-0.4, -0.2) is 28.0 Å². The zero-order chi connectivity index (χ0) is 14.3. The molecule has 2 aliphatic rings. The molecule has 2 fully saturated rings. The molecule has 5 heteroatoms. The number of carboxylic acids is 1. The Labute approximate surface area is 117 Å². The Hall–Kier alpha value is -1.91. The van der Waals surface area contributed by atoms with Gasteiger partial charge >= 0.3 is 5.97 Å². The monoisotopic (exact) mass is 274 g/mol. The summed E-state index contributed by atoms with van der Waals surface area (Å²) < 4.78 is 0. The maximum atomic E-state index is 12.2. The molecule has 1 aromatic rings. The van der Waals surface area contributed by atoms with Crippen molar-refractivity contribution in [1.82, 2.24) is 10.3 Å².